The smallest absolute Gasteiger partial charge is 0.271 e. The molecule has 1 unspecified atom stereocenters. The van der Waals surface area contributed by atoms with Crippen molar-refractivity contribution in [3.05, 3.63) is 27.1 Å². The number of H-pyrrole nitrogens is 1. The molecular formula is C12H13BrN2O3S. The number of anilines is 1. The average molecular weight is 345 g/mol. The number of carbonyl (C=O) groups is 2. The summed E-state index contributed by atoms with van der Waals surface area (Å²) in [6.45, 7) is 2.00. The molecule has 0 radical (unpaired) electrons. The number of pyridine rings is 1. The molecule has 1 saturated heterocycles. The van der Waals surface area contributed by atoms with Crippen molar-refractivity contribution in [3.8, 4) is 0 Å². The molecule has 1 N–H and O–H groups in total. The second-order valence-corrected chi connectivity index (χ2v) is 6.52. The van der Waals surface area contributed by atoms with Crippen LogP contribution in [0.5, 0.6) is 0 Å². The van der Waals surface area contributed by atoms with Crippen molar-refractivity contribution in [3.63, 3.8) is 0 Å². The van der Waals surface area contributed by atoms with Crippen LogP contribution in [0.15, 0.2) is 21.5 Å². The van der Waals surface area contributed by atoms with Gasteiger partial charge in [0.1, 0.15) is 5.69 Å². The quantitative estimate of drug-likeness (QED) is 0.907. The first-order chi connectivity index (χ1) is 8.97. The van der Waals surface area contributed by atoms with Gasteiger partial charge in [-0.1, -0.05) is 11.8 Å². The van der Waals surface area contributed by atoms with Crippen molar-refractivity contribution in [1.29, 1.82) is 0 Å². The van der Waals surface area contributed by atoms with Gasteiger partial charge in [0, 0.05) is 36.3 Å². The topological polar surface area (TPSA) is 70.2 Å². The monoisotopic (exact) mass is 344 g/mol. The summed E-state index contributed by atoms with van der Waals surface area (Å²) < 4.78 is 0.719. The van der Waals surface area contributed by atoms with Gasteiger partial charge in [-0.3, -0.25) is 14.4 Å². The largest absolute Gasteiger partial charge is 0.326 e. The maximum Gasteiger partial charge on any atom is 0.271 e. The van der Waals surface area contributed by atoms with Gasteiger partial charge in [0.25, 0.3) is 5.56 Å². The number of nitrogens with one attached hydrogen (secondary N) is 1. The predicted molar refractivity (Wildman–Crippen MR) is 78.4 cm³/mol. The SMILES string of the molecule is CC(=O)SCC1CC(=O)N(c2cc(Br)c[nH]c2=O)C1. The maximum atomic E-state index is 12.0. The van der Waals surface area contributed by atoms with Crippen LogP contribution in [0, 0.1) is 5.92 Å². The minimum absolute atomic E-state index is 0.0474. The molecule has 0 bridgehead atoms. The van der Waals surface area contributed by atoms with Crippen LogP contribution in [0.1, 0.15) is 13.3 Å². The van der Waals surface area contributed by atoms with Crippen LogP contribution in [0.3, 0.4) is 0 Å². The molecule has 2 rings (SSSR count). The number of hydrogen-bond acceptors (Lipinski definition) is 4. The van der Waals surface area contributed by atoms with Gasteiger partial charge in [-0.25, -0.2) is 0 Å². The first-order valence-electron chi connectivity index (χ1n) is 5.79. The second kappa shape index (κ2) is 5.92. The summed E-state index contributed by atoms with van der Waals surface area (Å²) >= 11 is 4.49. The van der Waals surface area contributed by atoms with E-state index in [1.54, 1.807) is 6.07 Å². The molecule has 0 spiro atoms. The van der Waals surface area contributed by atoms with Crippen LogP contribution in [-0.2, 0) is 9.59 Å². The van der Waals surface area contributed by atoms with Gasteiger partial charge >= 0.3 is 0 Å². The van der Waals surface area contributed by atoms with E-state index < -0.39 is 0 Å². The molecule has 0 aromatic carbocycles. The summed E-state index contributed by atoms with van der Waals surface area (Å²) in [6.07, 6.45) is 1.92. The van der Waals surface area contributed by atoms with E-state index in [9.17, 15) is 14.4 Å². The van der Waals surface area contributed by atoms with E-state index in [1.165, 1.54) is 29.8 Å². The van der Waals surface area contributed by atoms with E-state index in [1.807, 2.05) is 0 Å². The van der Waals surface area contributed by atoms with Crippen LogP contribution >= 0.6 is 27.7 Å². The predicted octanol–water partition coefficient (Wildman–Crippen LogP) is 1.77. The van der Waals surface area contributed by atoms with Crippen molar-refractivity contribution in [2.45, 2.75) is 13.3 Å². The summed E-state index contributed by atoms with van der Waals surface area (Å²) in [7, 11) is 0. The molecular weight excluding hydrogens is 332 g/mol. The maximum absolute atomic E-state index is 12.0. The lowest BCUT2D eigenvalue weighted by molar-refractivity contribution is -0.117. The van der Waals surface area contributed by atoms with Gasteiger partial charge in [0.05, 0.1) is 0 Å². The molecule has 19 heavy (non-hydrogen) atoms. The Bertz CT molecular complexity index is 572. The van der Waals surface area contributed by atoms with E-state index in [0.29, 0.717) is 24.4 Å². The van der Waals surface area contributed by atoms with Crippen LogP contribution in [0.4, 0.5) is 5.69 Å². The van der Waals surface area contributed by atoms with E-state index in [0.717, 1.165) is 4.47 Å². The second-order valence-electron chi connectivity index (χ2n) is 4.41. The molecule has 1 fully saturated rings. The molecule has 1 aromatic heterocycles. The molecule has 7 heteroatoms. The zero-order chi connectivity index (χ0) is 14.0. The number of thioether (sulfide) groups is 1. The molecule has 102 valence electrons. The van der Waals surface area contributed by atoms with E-state index >= 15 is 0 Å². The Morgan fingerprint density at radius 2 is 2.32 bits per heavy atom. The number of hydrogen-bond donors (Lipinski definition) is 1. The summed E-state index contributed by atoms with van der Waals surface area (Å²) in [5, 5.41) is 0.0474. The van der Waals surface area contributed by atoms with Crippen LogP contribution in [0.25, 0.3) is 0 Å². The summed E-state index contributed by atoms with van der Waals surface area (Å²) in [5.74, 6) is 0.654. The molecule has 0 aliphatic carbocycles. The highest BCUT2D eigenvalue weighted by Gasteiger charge is 2.32. The van der Waals surface area contributed by atoms with Gasteiger partial charge in [-0.15, -0.1) is 0 Å². The number of aromatic amines is 1. The lowest BCUT2D eigenvalue weighted by atomic mass is 10.1. The van der Waals surface area contributed by atoms with E-state index in [4.69, 9.17) is 0 Å². The fourth-order valence-corrected chi connectivity index (χ4v) is 3.03. The number of rotatable bonds is 3. The van der Waals surface area contributed by atoms with Gasteiger partial charge in [0.15, 0.2) is 5.12 Å². The zero-order valence-corrected chi connectivity index (χ0v) is 12.7. The summed E-state index contributed by atoms with van der Waals surface area (Å²) in [5.41, 5.74) is 0.0751. The molecule has 1 aromatic rings. The molecule has 1 amide bonds. The highest BCUT2D eigenvalue weighted by Crippen LogP contribution is 2.26. The van der Waals surface area contributed by atoms with Gasteiger partial charge in [-0.05, 0) is 27.9 Å². The lowest BCUT2D eigenvalue weighted by Gasteiger charge is -2.15. The number of carbonyl (C=O) groups excluding carboxylic acids is 2. The Morgan fingerprint density at radius 1 is 1.58 bits per heavy atom. The first kappa shape index (κ1) is 14.3. The van der Waals surface area contributed by atoms with Gasteiger partial charge in [-0.2, -0.15) is 0 Å². The van der Waals surface area contributed by atoms with Crippen LogP contribution in [0.2, 0.25) is 0 Å². The van der Waals surface area contributed by atoms with Crippen molar-refractivity contribution in [2.75, 3.05) is 17.2 Å². The third kappa shape index (κ3) is 3.48. The van der Waals surface area contributed by atoms with Gasteiger partial charge < -0.3 is 9.88 Å². The Hall–Kier alpha value is -1.08. The number of amides is 1. The molecule has 1 atom stereocenters. The average Bonchev–Trinajstić information content (AvgIpc) is 2.71. The van der Waals surface area contributed by atoms with E-state index in [2.05, 4.69) is 20.9 Å². The lowest BCUT2D eigenvalue weighted by Crippen LogP contribution is -2.30. The third-order valence-corrected chi connectivity index (χ3v) is 4.37. The van der Waals surface area contributed by atoms with Gasteiger partial charge in [0.2, 0.25) is 5.91 Å². The summed E-state index contributed by atoms with van der Waals surface area (Å²) in [4.78, 5) is 38.7. The van der Waals surface area contributed by atoms with Crippen molar-refractivity contribution >= 4 is 44.4 Å². The van der Waals surface area contributed by atoms with Crippen LogP contribution < -0.4 is 10.5 Å². The standard InChI is InChI=1S/C12H13BrN2O3S/c1-7(16)19-6-8-2-11(17)15(5-8)10-3-9(13)4-14-12(10)18/h3-4,8H,2,5-6H2,1H3,(H,14,18). The Labute approximate surface area is 122 Å². The van der Waals surface area contributed by atoms with Crippen molar-refractivity contribution in [1.82, 2.24) is 4.98 Å². The zero-order valence-electron chi connectivity index (χ0n) is 10.3. The molecule has 0 saturated carbocycles. The minimum atomic E-state index is -0.281. The van der Waals surface area contributed by atoms with E-state index in [-0.39, 0.29) is 22.5 Å². The number of aromatic nitrogens is 1. The number of halogens is 1. The van der Waals surface area contributed by atoms with Crippen molar-refractivity contribution < 1.29 is 9.59 Å². The molecule has 5 nitrogen and oxygen atoms in total. The third-order valence-electron chi connectivity index (χ3n) is 2.87. The Morgan fingerprint density at radius 3 is 3.00 bits per heavy atom. The highest BCUT2D eigenvalue weighted by molar-refractivity contribution is 9.10. The number of nitrogens with zero attached hydrogens (tertiary/aromatic N) is 1. The normalized spacial score (nSPS) is 18.9. The highest BCUT2D eigenvalue weighted by atomic mass is 79.9. The van der Waals surface area contributed by atoms with Crippen molar-refractivity contribution in [2.24, 2.45) is 5.92 Å². The Balaban J connectivity index is 2.13. The summed E-state index contributed by atoms with van der Waals surface area (Å²) in [6, 6.07) is 1.64. The molecule has 1 aliphatic heterocycles. The Kier molecular flexibility index (Phi) is 4.46. The first-order valence-corrected chi connectivity index (χ1v) is 7.57. The fourth-order valence-electron chi connectivity index (χ4n) is 2.01. The fraction of sp³-hybridized carbons (Fsp3) is 0.417. The van der Waals surface area contributed by atoms with Crippen LogP contribution in [-0.4, -0.2) is 28.3 Å². The molecule has 1 aliphatic rings. The minimum Gasteiger partial charge on any atom is -0.326 e. The molecule has 2 heterocycles.